The molecule has 2 heterocycles. The lowest BCUT2D eigenvalue weighted by atomic mass is 10.4. The summed E-state index contributed by atoms with van der Waals surface area (Å²) in [5, 5.41) is 0. The number of likely N-dealkylation sites (tertiary alicyclic amines) is 2. The van der Waals surface area contributed by atoms with Gasteiger partial charge >= 0.3 is 0 Å². The van der Waals surface area contributed by atoms with Gasteiger partial charge in [-0.1, -0.05) is 46.0 Å². The van der Waals surface area contributed by atoms with Crippen molar-refractivity contribution in [2.45, 2.75) is 35.5 Å². The molecule has 0 spiro atoms. The molecule has 3 rings (SSSR count). The van der Waals surface area contributed by atoms with Gasteiger partial charge in [-0.25, -0.2) is 0 Å². The molecule has 0 saturated carbocycles. The van der Waals surface area contributed by atoms with Gasteiger partial charge in [-0.15, -0.1) is 0 Å². The molecule has 0 unspecified atom stereocenters. The van der Waals surface area contributed by atoms with E-state index in [0.29, 0.717) is 0 Å². The van der Waals surface area contributed by atoms with E-state index in [1.165, 1.54) is 35.5 Å². The third-order valence-corrected chi connectivity index (χ3v) is 10.1. The van der Waals surface area contributed by atoms with Gasteiger partial charge in [-0.3, -0.25) is 0 Å². The van der Waals surface area contributed by atoms with Gasteiger partial charge < -0.3 is 9.80 Å². The highest BCUT2D eigenvalue weighted by molar-refractivity contribution is 8.84. The van der Waals surface area contributed by atoms with Crippen LogP contribution in [0, 0.1) is 0 Å². The average Bonchev–Trinajstić information content (AvgIpc) is 3.32. The highest BCUT2D eigenvalue weighted by Crippen LogP contribution is 2.38. The Hall–Kier alpha value is 0.400. The van der Waals surface area contributed by atoms with Crippen LogP contribution in [0.4, 0.5) is 0 Å². The Bertz CT molecular complexity index is 513. The van der Waals surface area contributed by atoms with Gasteiger partial charge in [-0.2, -0.15) is 0 Å². The van der Waals surface area contributed by atoms with Crippen molar-refractivity contribution in [2.24, 2.45) is 0 Å². The SMILES string of the molecule is S=C(SSc1ccc(SSC(=S)N2CCCC2)cc1)N1CCCC1. The predicted molar refractivity (Wildman–Crippen MR) is 120 cm³/mol. The Balaban J connectivity index is 1.41. The second kappa shape index (κ2) is 9.92. The molecule has 0 radical (unpaired) electrons. The molecule has 0 atom stereocenters. The molecular formula is C16H20N2S6. The fourth-order valence-corrected chi connectivity index (χ4v) is 7.31. The van der Waals surface area contributed by atoms with Crippen molar-refractivity contribution >= 4 is 76.3 Å². The highest BCUT2D eigenvalue weighted by Gasteiger charge is 2.16. The fourth-order valence-electron chi connectivity index (χ4n) is 2.62. The first-order valence-corrected chi connectivity index (χ1v) is 13.2. The standard InChI is InChI=1S/C16H20N2S6/c19-15(17-9-1-2-10-17)23-21-13-5-7-14(8-6-13)22-24-16(20)18-11-3-4-12-18/h5-8H,1-4,9-12H2. The molecule has 2 nitrogen and oxygen atoms in total. The van der Waals surface area contributed by atoms with Crippen LogP contribution in [-0.4, -0.2) is 44.6 Å². The van der Waals surface area contributed by atoms with Gasteiger partial charge in [0.15, 0.2) is 0 Å². The fraction of sp³-hybridized carbons (Fsp3) is 0.500. The zero-order chi connectivity index (χ0) is 16.8. The lowest BCUT2D eigenvalue weighted by Crippen LogP contribution is -2.22. The maximum absolute atomic E-state index is 5.50. The molecule has 2 fully saturated rings. The lowest BCUT2D eigenvalue weighted by molar-refractivity contribution is 0.539. The van der Waals surface area contributed by atoms with E-state index in [1.54, 1.807) is 43.2 Å². The number of benzene rings is 1. The number of hydrogen-bond donors (Lipinski definition) is 0. The number of hydrogen-bond acceptors (Lipinski definition) is 6. The lowest BCUT2D eigenvalue weighted by Gasteiger charge is -2.17. The van der Waals surface area contributed by atoms with Crippen molar-refractivity contribution in [1.29, 1.82) is 0 Å². The zero-order valence-corrected chi connectivity index (χ0v) is 18.2. The zero-order valence-electron chi connectivity index (χ0n) is 13.3. The first-order valence-electron chi connectivity index (χ1n) is 8.09. The summed E-state index contributed by atoms with van der Waals surface area (Å²) in [5.74, 6) is 0. The van der Waals surface area contributed by atoms with E-state index in [1.807, 2.05) is 0 Å². The van der Waals surface area contributed by atoms with Crippen LogP contribution in [0.5, 0.6) is 0 Å². The van der Waals surface area contributed by atoms with Crippen molar-refractivity contribution in [3.63, 3.8) is 0 Å². The van der Waals surface area contributed by atoms with E-state index in [2.05, 4.69) is 34.1 Å². The van der Waals surface area contributed by atoms with Crippen LogP contribution in [0.2, 0.25) is 0 Å². The summed E-state index contributed by atoms with van der Waals surface area (Å²) >= 11 is 11.0. The number of rotatable bonds is 4. The van der Waals surface area contributed by atoms with Crippen LogP contribution in [0.3, 0.4) is 0 Å². The second-order valence-corrected chi connectivity index (χ2v) is 11.4. The maximum Gasteiger partial charge on any atom is 0.147 e. The minimum atomic E-state index is 1.02. The Morgan fingerprint density at radius 3 is 1.33 bits per heavy atom. The van der Waals surface area contributed by atoms with Crippen LogP contribution in [0.1, 0.15) is 25.7 Å². The molecule has 2 aliphatic rings. The first-order chi connectivity index (χ1) is 11.7. The molecule has 8 heteroatoms. The molecule has 0 amide bonds. The van der Waals surface area contributed by atoms with E-state index in [-0.39, 0.29) is 0 Å². The largest absolute Gasteiger partial charge is 0.357 e. The first kappa shape index (κ1) is 19.2. The van der Waals surface area contributed by atoms with Crippen LogP contribution < -0.4 is 0 Å². The Morgan fingerprint density at radius 1 is 0.667 bits per heavy atom. The Labute approximate surface area is 171 Å². The average molecular weight is 433 g/mol. The molecule has 2 aliphatic heterocycles. The molecule has 0 aromatic heterocycles. The van der Waals surface area contributed by atoms with Crippen molar-refractivity contribution in [3.05, 3.63) is 24.3 Å². The van der Waals surface area contributed by atoms with Gasteiger partial charge in [-0.05, 0) is 71.5 Å². The van der Waals surface area contributed by atoms with Crippen molar-refractivity contribution in [1.82, 2.24) is 9.80 Å². The summed E-state index contributed by atoms with van der Waals surface area (Å²) in [6, 6.07) is 8.69. The molecular weight excluding hydrogens is 413 g/mol. The molecule has 130 valence electrons. The number of nitrogens with zero attached hydrogens (tertiary/aromatic N) is 2. The smallest absolute Gasteiger partial charge is 0.147 e. The molecule has 0 N–H and O–H groups in total. The molecule has 1 aromatic rings. The van der Waals surface area contributed by atoms with Crippen LogP contribution in [0.25, 0.3) is 0 Å². The summed E-state index contributed by atoms with van der Waals surface area (Å²) in [5.41, 5.74) is 0. The highest BCUT2D eigenvalue weighted by atomic mass is 33.1. The summed E-state index contributed by atoms with van der Waals surface area (Å²) in [4.78, 5) is 7.12. The van der Waals surface area contributed by atoms with Gasteiger partial charge in [0.25, 0.3) is 0 Å². The molecule has 0 aliphatic carbocycles. The molecule has 1 aromatic carbocycles. The normalized spacial score (nSPS) is 17.5. The summed E-state index contributed by atoms with van der Waals surface area (Å²) in [7, 11) is 6.91. The van der Waals surface area contributed by atoms with Gasteiger partial charge in [0.1, 0.15) is 8.64 Å². The molecule has 24 heavy (non-hydrogen) atoms. The summed E-state index contributed by atoms with van der Waals surface area (Å²) in [6.45, 7) is 4.48. The third-order valence-electron chi connectivity index (χ3n) is 3.97. The monoisotopic (exact) mass is 432 g/mol. The van der Waals surface area contributed by atoms with Gasteiger partial charge in [0, 0.05) is 36.0 Å². The van der Waals surface area contributed by atoms with Crippen molar-refractivity contribution < 1.29 is 0 Å². The minimum Gasteiger partial charge on any atom is -0.357 e. The minimum absolute atomic E-state index is 1.02. The predicted octanol–water partition coefficient (Wildman–Crippen LogP) is 5.93. The van der Waals surface area contributed by atoms with Crippen LogP contribution in [-0.2, 0) is 0 Å². The van der Waals surface area contributed by atoms with Gasteiger partial charge in [0.2, 0.25) is 0 Å². The quantitative estimate of drug-likeness (QED) is 0.421. The van der Waals surface area contributed by atoms with E-state index >= 15 is 0 Å². The van der Waals surface area contributed by atoms with Crippen molar-refractivity contribution in [3.8, 4) is 0 Å². The van der Waals surface area contributed by atoms with E-state index in [9.17, 15) is 0 Å². The number of thiocarbonyl (C=S) groups is 2. The maximum atomic E-state index is 5.50. The van der Waals surface area contributed by atoms with Crippen LogP contribution in [0.15, 0.2) is 34.1 Å². The molecule has 2 saturated heterocycles. The summed E-state index contributed by atoms with van der Waals surface area (Å²) in [6.07, 6.45) is 5.09. The topological polar surface area (TPSA) is 6.48 Å². The molecule has 0 bridgehead atoms. The Kier molecular flexibility index (Phi) is 7.92. The Morgan fingerprint density at radius 2 is 1.00 bits per heavy atom. The van der Waals surface area contributed by atoms with Crippen molar-refractivity contribution in [2.75, 3.05) is 26.2 Å². The third kappa shape index (κ3) is 5.71. The summed E-state index contributed by atoms with van der Waals surface area (Å²) < 4.78 is 2.03. The second-order valence-electron chi connectivity index (χ2n) is 5.72. The van der Waals surface area contributed by atoms with E-state index in [0.717, 1.165) is 34.8 Å². The van der Waals surface area contributed by atoms with E-state index in [4.69, 9.17) is 24.4 Å². The van der Waals surface area contributed by atoms with Gasteiger partial charge in [0.05, 0.1) is 0 Å². The van der Waals surface area contributed by atoms with E-state index < -0.39 is 0 Å². The van der Waals surface area contributed by atoms with Crippen LogP contribution >= 0.6 is 67.6 Å².